The number of nitrogens with two attached hydrogens (primary N) is 1. The van der Waals surface area contributed by atoms with E-state index in [9.17, 15) is 17.6 Å². The number of carbonyl (C=O) groups excluding carboxylic acids is 1. The Balaban J connectivity index is 2.24. The zero-order valence-electron chi connectivity index (χ0n) is 11.6. The van der Waals surface area contributed by atoms with Gasteiger partial charge in [-0.05, 0) is 38.0 Å². The summed E-state index contributed by atoms with van der Waals surface area (Å²) in [5.74, 6) is -1.45. The summed E-state index contributed by atoms with van der Waals surface area (Å²) in [5, 5.41) is 7.75. The minimum atomic E-state index is -4.21. The standard InChI is InChI=1S/C13H17FN2O4S/c1-13(4-6-20-7-5-13)16-12(17)9-2-3-10(14)11(8-9)21(15,18)19/h2-3,8H,4-7H2,1H3,(H,16,17)(H2,15,18,19). The van der Waals surface area contributed by atoms with Crippen LogP contribution in [0.15, 0.2) is 23.1 Å². The number of rotatable bonds is 3. The van der Waals surface area contributed by atoms with Crippen molar-refractivity contribution in [2.75, 3.05) is 13.2 Å². The Morgan fingerprint density at radius 2 is 2.00 bits per heavy atom. The molecular formula is C13H17FN2O4S. The molecule has 1 aliphatic rings. The first-order valence-electron chi connectivity index (χ1n) is 6.44. The molecule has 2 rings (SSSR count). The van der Waals surface area contributed by atoms with E-state index < -0.39 is 32.2 Å². The van der Waals surface area contributed by atoms with Gasteiger partial charge < -0.3 is 10.1 Å². The van der Waals surface area contributed by atoms with Crippen molar-refractivity contribution in [2.45, 2.75) is 30.2 Å². The first-order valence-corrected chi connectivity index (χ1v) is 7.99. The van der Waals surface area contributed by atoms with Crippen LogP contribution in [0.1, 0.15) is 30.1 Å². The zero-order chi connectivity index (χ0) is 15.7. The third kappa shape index (κ3) is 3.78. The number of amides is 1. The number of primary sulfonamides is 1. The van der Waals surface area contributed by atoms with E-state index >= 15 is 0 Å². The van der Waals surface area contributed by atoms with Crippen molar-refractivity contribution in [2.24, 2.45) is 5.14 Å². The van der Waals surface area contributed by atoms with Gasteiger partial charge in [0.1, 0.15) is 10.7 Å². The molecule has 1 saturated heterocycles. The Bertz CT molecular complexity index is 654. The van der Waals surface area contributed by atoms with Gasteiger partial charge in [0.25, 0.3) is 5.91 Å². The third-order valence-electron chi connectivity index (χ3n) is 3.51. The number of halogens is 1. The van der Waals surface area contributed by atoms with Crippen LogP contribution in [0.2, 0.25) is 0 Å². The molecule has 1 aromatic rings. The zero-order valence-corrected chi connectivity index (χ0v) is 12.4. The molecule has 8 heteroatoms. The van der Waals surface area contributed by atoms with Crippen LogP contribution in [0.3, 0.4) is 0 Å². The van der Waals surface area contributed by atoms with Gasteiger partial charge in [0.15, 0.2) is 0 Å². The van der Waals surface area contributed by atoms with Gasteiger partial charge in [-0.25, -0.2) is 17.9 Å². The minimum absolute atomic E-state index is 0.0492. The average molecular weight is 316 g/mol. The second kappa shape index (κ2) is 5.70. The van der Waals surface area contributed by atoms with Crippen molar-refractivity contribution in [1.82, 2.24) is 5.32 Å². The Labute approximate surface area is 122 Å². The van der Waals surface area contributed by atoms with Crippen molar-refractivity contribution in [1.29, 1.82) is 0 Å². The molecule has 3 N–H and O–H groups in total. The second-order valence-corrected chi connectivity index (χ2v) is 6.85. The Morgan fingerprint density at radius 1 is 1.38 bits per heavy atom. The predicted molar refractivity (Wildman–Crippen MR) is 73.7 cm³/mol. The number of hydrogen-bond donors (Lipinski definition) is 2. The summed E-state index contributed by atoms with van der Waals surface area (Å²) >= 11 is 0. The number of hydrogen-bond acceptors (Lipinski definition) is 4. The van der Waals surface area contributed by atoms with Gasteiger partial charge >= 0.3 is 0 Å². The highest BCUT2D eigenvalue weighted by Gasteiger charge is 2.29. The van der Waals surface area contributed by atoms with Crippen molar-refractivity contribution in [3.05, 3.63) is 29.6 Å². The van der Waals surface area contributed by atoms with Crippen molar-refractivity contribution in [3.8, 4) is 0 Å². The third-order valence-corrected chi connectivity index (χ3v) is 4.44. The first-order chi connectivity index (χ1) is 9.71. The molecule has 0 aromatic heterocycles. The molecule has 1 aliphatic heterocycles. The lowest BCUT2D eigenvalue weighted by molar-refractivity contribution is 0.0423. The molecule has 0 atom stereocenters. The molecular weight excluding hydrogens is 299 g/mol. The maximum Gasteiger partial charge on any atom is 0.251 e. The second-order valence-electron chi connectivity index (χ2n) is 5.32. The fourth-order valence-corrected chi connectivity index (χ4v) is 2.79. The molecule has 1 amide bonds. The smallest absolute Gasteiger partial charge is 0.251 e. The van der Waals surface area contributed by atoms with E-state index in [2.05, 4.69) is 5.32 Å². The van der Waals surface area contributed by atoms with Crippen LogP contribution in [0.25, 0.3) is 0 Å². The summed E-state index contributed by atoms with van der Waals surface area (Å²) in [4.78, 5) is 11.5. The predicted octanol–water partition coefficient (Wildman–Crippen LogP) is 0.772. The van der Waals surface area contributed by atoms with E-state index in [4.69, 9.17) is 9.88 Å². The fourth-order valence-electron chi connectivity index (χ4n) is 2.16. The van der Waals surface area contributed by atoms with Gasteiger partial charge in [-0.1, -0.05) is 0 Å². The molecule has 0 saturated carbocycles. The van der Waals surface area contributed by atoms with Crippen LogP contribution >= 0.6 is 0 Å². The maximum absolute atomic E-state index is 13.5. The van der Waals surface area contributed by atoms with Crippen molar-refractivity contribution < 1.29 is 22.3 Å². The number of sulfonamides is 1. The van der Waals surface area contributed by atoms with Crippen LogP contribution in [0.4, 0.5) is 4.39 Å². The molecule has 21 heavy (non-hydrogen) atoms. The molecule has 0 unspecified atom stereocenters. The number of carbonyl (C=O) groups is 1. The highest BCUT2D eigenvalue weighted by atomic mass is 32.2. The van der Waals surface area contributed by atoms with Crippen LogP contribution in [0.5, 0.6) is 0 Å². The molecule has 1 aromatic carbocycles. The summed E-state index contributed by atoms with van der Waals surface area (Å²) in [5.41, 5.74) is -0.376. The highest BCUT2D eigenvalue weighted by Crippen LogP contribution is 2.21. The average Bonchev–Trinajstić information content (AvgIpc) is 2.38. The van der Waals surface area contributed by atoms with E-state index in [1.165, 1.54) is 6.07 Å². The van der Waals surface area contributed by atoms with Gasteiger partial charge in [0, 0.05) is 24.3 Å². The molecule has 0 spiro atoms. The van der Waals surface area contributed by atoms with Crippen LogP contribution < -0.4 is 10.5 Å². The van der Waals surface area contributed by atoms with Crippen LogP contribution in [-0.2, 0) is 14.8 Å². The Morgan fingerprint density at radius 3 is 2.57 bits per heavy atom. The number of benzene rings is 1. The van der Waals surface area contributed by atoms with E-state index in [1.54, 1.807) is 0 Å². The van der Waals surface area contributed by atoms with Crippen LogP contribution in [-0.4, -0.2) is 33.1 Å². The van der Waals surface area contributed by atoms with Gasteiger partial charge in [-0.2, -0.15) is 0 Å². The van der Waals surface area contributed by atoms with Crippen LogP contribution in [0, 0.1) is 5.82 Å². The summed E-state index contributed by atoms with van der Waals surface area (Å²) in [6.07, 6.45) is 1.31. The summed E-state index contributed by atoms with van der Waals surface area (Å²) in [6, 6.07) is 3.09. The van der Waals surface area contributed by atoms with E-state index in [0.29, 0.717) is 26.1 Å². The molecule has 116 valence electrons. The molecule has 0 bridgehead atoms. The highest BCUT2D eigenvalue weighted by molar-refractivity contribution is 7.89. The van der Waals surface area contributed by atoms with Gasteiger partial charge in [-0.15, -0.1) is 0 Å². The molecule has 0 radical (unpaired) electrons. The van der Waals surface area contributed by atoms with E-state index in [1.807, 2.05) is 6.92 Å². The summed E-state index contributed by atoms with van der Waals surface area (Å²) < 4.78 is 41.2. The molecule has 1 fully saturated rings. The summed E-state index contributed by atoms with van der Waals surface area (Å²) in [6.45, 7) is 2.97. The summed E-state index contributed by atoms with van der Waals surface area (Å²) in [7, 11) is -4.21. The molecule has 0 aliphatic carbocycles. The minimum Gasteiger partial charge on any atom is -0.381 e. The van der Waals surface area contributed by atoms with Gasteiger partial charge in [-0.3, -0.25) is 4.79 Å². The lowest BCUT2D eigenvalue weighted by Crippen LogP contribution is -2.49. The lowest BCUT2D eigenvalue weighted by Gasteiger charge is -2.34. The Kier molecular flexibility index (Phi) is 4.31. The molecule has 6 nitrogen and oxygen atoms in total. The van der Waals surface area contributed by atoms with Gasteiger partial charge in [0.2, 0.25) is 10.0 Å². The van der Waals surface area contributed by atoms with Crippen molar-refractivity contribution >= 4 is 15.9 Å². The quantitative estimate of drug-likeness (QED) is 0.860. The maximum atomic E-state index is 13.5. The van der Waals surface area contributed by atoms with E-state index in [0.717, 1.165) is 12.1 Å². The Hall–Kier alpha value is -1.51. The first kappa shape index (κ1) is 15.9. The van der Waals surface area contributed by atoms with Gasteiger partial charge in [0.05, 0.1) is 0 Å². The SMILES string of the molecule is CC1(NC(=O)c2ccc(F)c(S(N)(=O)=O)c2)CCOCC1. The lowest BCUT2D eigenvalue weighted by atomic mass is 9.92. The van der Waals surface area contributed by atoms with Crippen molar-refractivity contribution in [3.63, 3.8) is 0 Å². The monoisotopic (exact) mass is 316 g/mol. The number of nitrogens with one attached hydrogen (secondary N) is 1. The largest absolute Gasteiger partial charge is 0.381 e. The normalized spacial score (nSPS) is 18.2. The fraction of sp³-hybridized carbons (Fsp3) is 0.462. The van der Waals surface area contributed by atoms with E-state index in [-0.39, 0.29) is 5.56 Å². The molecule has 1 heterocycles. The number of ether oxygens (including phenoxy) is 1. The topological polar surface area (TPSA) is 98.5 Å².